The highest BCUT2D eigenvalue weighted by atomic mass is 32.1. The Bertz CT molecular complexity index is 863. The third-order valence-corrected chi connectivity index (χ3v) is 6.38. The molecule has 1 aromatic carbocycles. The molecular formula is C20H22N2O2S. The smallest absolute Gasteiger partial charge is 0.337 e. The number of hydrogen-bond acceptors (Lipinski definition) is 4. The summed E-state index contributed by atoms with van der Waals surface area (Å²) in [4.78, 5) is 17.4. The highest BCUT2D eigenvalue weighted by Crippen LogP contribution is 2.41. The Balaban J connectivity index is 1.74. The lowest BCUT2D eigenvalue weighted by Crippen LogP contribution is -2.21. The zero-order valence-corrected chi connectivity index (χ0v) is 15.2. The molecule has 4 nitrogen and oxygen atoms in total. The van der Waals surface area contributed by atoms with Gasteiger partial charge in [-0.2, -0.15) is 0 Å². The number of esters is 1. The van der Waals surface area contributed by atoms with Crippen molar-refractivity contribution in [3.63, 3.8) is 0 Å². The van der Waals surface area contributed by atoms with Gasteiger partial charge in [-0.3, -0.25) is 0 Å². The summed E-state index contributed by atoms with van der Waals surface area (Å²) in [6.07, 6.45) is 12.4. The molecule has 0 amide bonds. The molecule has 1 aliphatic rings. The molecule has 1 aliphatic carbocycles. The van der Waals surface area contributed by atoms with Crippen molar-refractivity contribution in [2.75, 3.05) is 7.11 Å². The summed E-state index contributed by atoms with van der Waals surface area (Å²) in [6, 6.07) is 8.39. The molecule has 0 N–H and O–H groups in total. The summed E-state index contributed by atoms with van der Waals surface area (Å²) in [7, 11) is 1.42. The van der Waals surface area contributed by atoms with Gasteiger partial charge in [0, 0.05) is 22.0 Å². The summed E-state index contributed by atoms with van der Waals surface area (Å²) < 4.78 is 8.31. The average molecular weight is 354 g/mol. The van der Waals surface area contributed by atoms with E-state index in [1.807, 2.05) is 42.1 Å². The first-order valence-electron chi connectivity index (χ1n) is 8.85. The summed E-state index contributed by atoms with van der Waals surface area (Å²) in [5.41, 5.74) is 0.608. The molecule has 2 heterocycles. The molecule has 5 heteroatoms. The van der Waals surface area contributed by atoms with Crippen LogP contribution in [0.4, 0.5) is 0 Å². The van der Waals surface area contributed by atoms with Crippen molar-refractivity contribution in [2.45, 2.75) is 38.1 Å². The van der Waals surface area contributed by atoms with E-state index in [-0.39, 0.29) is 5.97 Å². The van der Waals surface area contributed by atoms with E-state index in [9.17, 15) is 4.79 Å². The molecule has 130 valence electrons. The number of aromatic nitrogens is 2. The molecule has 4 rings (SSSR count). The minimum atomic E-state index is -0.284. The number of ether oxygens (including phenoxy) is 1. The van der Waals surface area contributed by atoms with Crippen LogP contribution >= 0.6 is 11.3 Å². The lowest BCUT2D eigenvalue weighted by molar-refractivity contribution is 0.0601. The van der Waals surface area contributed by atoms with Gasteiger partial charge in [-0.15, -0.1) is 11.3 Å². The fourth-order valence-corrected chi connectivity index (χ4v) is 5.21. The minimum absolute atomic E-state index is 0.284. The molecule has 25 heavy (non-hydrogen) atoms. The maximum absolute atomic E-state index is 11.8. The second-order valence-corrected chi connectivity index (χ2v) is 7.86. The predicted octanol–water partition coefficient (Wildman–Crippen LogP) is 5.05. The Morgan fingerprint density at radius 3 is 2.84 bits per heavy atom. The largest absolute Gasteiger partial charge is 0.465 e. The number of thiophene rings is 1. The molecule has 0 spiro atoms. The van der Waals surface area contributed by atoms with Gasteiger partial charge in [0.25, 0.3) is 0 Å². The number of fused-ring (bicyclic) bond motifs is 1. The highest BCUT2D eigenvalue weighted by molar-refractivity contribution is 7.19. The van der Waals surface area contributed by atoms with E-state index in [0.717, 1.165) is 5.39 Å². The van der Waals surface area contributed by atoms with Crippen molar-refractivity contribution in [2.24, 2.45) is 5.92 Å². The third-order valence-electron chi connectivity index (χ3n) is 5.19. The van der Waals surface area contributed by atoms with E-state index >= 15 is 0 Å². The standard InChI is InChI=1S/C20H22N2O2S/c1-24-20(23)15-7-8-17-16(11-15)12-18(25-17)19(22-10-9-21-13-22)14-5-3-2-4-6-14/h7-14,19H,2-6H2,1H3. The summed E-state index contributed by atoms with van der Waals surface area (Å²) in [5, 5.41) is 1.11. The molecule has 1 unspecified atom stereocenters. The van der Waals surface area contributed by atoms with Crippen molar-refractivity contribution in [3.05, 3.63) is 53.4 Å². The normalized spacial score (nSPS) is 16.8. The molecule has 0 aliphatic heterocycles. The Morgan fingerprint density at radius 2 is 2.12 bits per heavy atom. The predicted molar refractivity (Wildman–Crippen MR) is 100 cm³/mol. The Hall–Kier alpha value is -2.14. The van der Waals surface area contributed by atoms with Crippen molar-refractivity contribution in [3.8, 4) is 0 Å². The monoisotopic (exact) mass is 354 g/mol. The fraction of sp³-hybridized carbons (Fsp3) is 0.400. The van der Waals surface area contributed by atoms with E-state index in [4.69, 9.17) is 4.74 Å². The average Bonchev–Trinajstić information content (AvgIpc) is 3.31. The number of carbonyl (C=O) groups is 1. The summed E-state index contributed by atoms with van der Waals surface area (Å²) in [6.45, 7) is 0. The Kier molecular flexibility index (Phi) is 4.57. The molecule has 0 saturated heterocycles. The Morgan fingerprint density at radius 1 is 1.28 bits per heavy atom. The molecule has 1 saturated carbocycles. The van der Waals surface area contributed by atoms with E-state index in [1.54, 1.807) is 0 Å². The number of benzene rings is 1. The van der Waals surface area contributed by atoms with Gasteiger partial charge in [0.1, 0.15) is 0 Å². The molecule has 1 fully saturated rings. The zero-order chi connectivity index (χ0) is 17.2. The van der Waals surface area contributed by atoms with E-state index in [0.29, 0.717) is 17.5 Å². The molecular weight excluding hydrogens is 332 g/mol. The van der Waals surface area contributed by atoms with Gasteiger partial charge in [0.05, 0.1) is 25.0 Å². The van der Waals surface area contributed by atoms with Gasteiger partial charge in [-0.25, -0.2) is 9.78 Å². The van der Waals surface area contributed by atoms with Crippen LogP contribution in [0.3, 0.4) is 0 Å². The van der Waals surface area contributed by atoms with Crippen LogP contribution in [-0.4, -0.2) is 22.6 Å². The van der Waals surface area contributed by atoms with Gasteiger partial charge in [0.15, 0.2) is 0 Å². The molecule has 0 radical (unpaired) electrons. The number of imidazole rings is 1. The molecule has 0 bridgehead atoms. The number of rotatable bonds is 4. The van der Waals surface area contributed by atoms with E-state index < -0.39 is 0 Å². The van der Waals surface area contributed by atoms with Crippen molar-refractivity contribution >= 4 is 27.4 Å². The third kappa shape index (κ3) is 3.21. The lowest BCUT2D eigenvalue weighted by Gasteiger charge is -2.30. The minimum Gasteiger partial charge on any atom is -0.465 e. The summed E-state index contributed by atoms with van der Waals surface area (Å²) >= 11 is 1.82. The van der Waals surface area contributed by atoms with Crippen LogP contribution in [0.15, 0.2) is 43.0 Å². The quantitative estimate of drug-likeness (QED) is 0.616. The molecule has 1 atom stereocenters. The van der Waals surface area contributed by atoms with Gasteiger partial charge in [-0.1, -0.05) is 19.3 Å². The lowest BCUT2D eigenvalue weighted by atomic mass is 9.83. The van der Waals surface area contributed by atoms with Crippen LogP contribution in [0.2, 0.25) is 0 Å². The van der Waals surface area contributed by atoms with Gasteiger partial charge in [0.2, 0.25) is 0 Å². The van der Waals surface area contributed by atoms with Crippen LogP contribution in [0.5, 0.6) is 0 Å². The second kappa shape index (κ2) is 7.00. The van der Waals surface area contributed by atoms with Crippen LogP contribution in [0.25, 0.3) is 10.1 Å². The van der Waals surface area contributed by atoms with E-state index in [2.05, 4.69) is 21.8 Å². The fourth-order valence-electron chi connectivity index (χ4n) is 3.96. The number of hydrogen-bond donors (Lipinski definition) is 0. The van der Waals surface area contributed by atoms with Crippen LogP contribution in [0, 0.1) is 5.92 Å². The van der Waals surface area contributed by atoms with E-state index in [1.165, 1.54) is 48.8 Å². The number of carbonyl (C=O) groups excluding carboxylic acids is 1. The second-order valence-electron chi connectivity index (χ2n) is 6.75. The maximum atomic E-state index is 11.8. The van der Waals surface area contributed by atoms with Crippen LogP contribution < -0.4 is 0 Å². The SMILES string of the molecule is COC(=O)c1ccc2sc(C(C3CCCCC3)n3ccnc3)cc2c1. The molecule has 2 aromatic heterocycles. The maximum Gasteiger partial charge on any atom is 0.337 e. The van der Waals surface area contributed by atoms with Crippen molar-refractivity contribution in [1.29, 1.82) is 0 Å². The first-order chi connectivity index (χ1) is 12.3. The van der Waals surface area contributed by atoms with Crippen LogP contribution in [-0.2, 0) is 4.74 Å². The Labute approximate surface area is 151 Å². The topological polar surface area (TPSA) is 44.1 Å². The van der Waals surface area contributed by atoms with Gasteiger partial charge in [-0.05, 0) is 48.4 Å². The van der Waals surface area contributed by atoms with Crippen molar-refractivity contribution in [1.82, 2.24) is 9.55 Å². The highest BCUT2D eigenvalue weighted by Gasteiger charge is 2.27. The van der Waals surface area contributed by atoms with Crippen LogP contribution in [0.1, 0.15) is 53.4 Å². The summed E-state index contributed by atoms with van der Waals surface area (Å²) in [5.74, 6) is 0.365. The van der Waals surface area contributed by atoms with Crippen molar-refractivity contribution < 1.29 is 9.53 Å². The van der Waals surface area contributed by atoms with Gasteiger partial charge >= 0.3 is 5.97 Å². The zero-order valence-electron chi connectivity index (χ0n) is 14.4. The number of methoxy groups -OCH3 is 1. The first-order valence-corrected chi connectivity index (χ1v) is 9.67. The molecule has 3 aromatic rings. The van der Waals surface area contributed by atoms with Gasteiger partial charge < -0.3 is 9.30 Å². The number of nitrogens with zero attached hydrogens (tertiary/aromatic N) is 2. The first kappa shape index (κ1) is 16.3.